The van der Waals surface area contributed by atoms with Crippen molar-refractivity contribution >= 4 is 17.7 Å². The molecule has 27 heavy (non-hydrogen) atoms. The minimum absolute atomic E-state index is 0.309. The molecule has 4 rings (SSSR count). The van der Waals surface area contributed by atoms with Crippen LogP contribution in [0.3, 0.4) is 0 Å². The van der Waals surface area contributed by atoms with Crippen LogP contribution in [0.5, 0.6) is 0 Å². The summed E-state index contributed by atoms with van der Waals surface area (Å²) in [5.41, 5.74) is -2.25. The van der Waals surface area contributed by atoms with Gasteiger partial charge in [-0.1, -0.05) is 30.3 Å². The standard InChI is InChI=1S/C19H21NO7/c1-18(2,3)26-14(22)10-19-13(21)9-12(17(23)27-19)16(20(24)25)15(19)11-7-5-4-6-8-11/h4-8,12,15-16H,9-10H2,1-3H3/t12-,15+,16-,19+/m0/s1. The van der Waals surface area contributed by atoms with E-state index in [0.29, 0.717) is 5.56 Å². The van der Waals surface area contributed by atoms with Crippen molar-refractivity contribution in [1.29, 1.82) is 0 Å². The number of benzene rings is 1. The number of Topliss-reactive ketones (excluding diaryl/α,β-unsaturated/α-hetero) is 1. The zero-order chi connectivity index (χ0) is 20.0. The Morgan fingerprint density at radius 1 is 1.30 bits per heavy atom. The molecule has 0 aromatic heterocycles. The van der Waals surface area contributed by atoms with E-state index >= 15 is 0 Å². The normalized spacial score (nSPS) is 30.0. The molecule has 1 saturated carbocycles. The number of hydrogen-bond donors (Lipinski definition) is 0. The van der Waals surface area contributed by atoms with E-state index in [0.717, 1.165) is 0 Å². The fourth-order valence-corrected chi connectivity index (χ4v) is 4.01. The maximum atomic E-state index is 12.9. The Morgan fingerprint density at radius 3 is 2.48 bits per heavy atom. The molecule has 0 unspecified atom stereocenters. The molecule has 144 valence electrons. The number of carbonyl (C=O) groups is 3. The van der Waals surface area contributed by atoms with Crippen molar-refractivity contribution in [1.82, 2.24) is 0 Å². The first-order valence-corrected chi connectivity index (χ1v) is 8.71. The van der Waals surface area contributed by atoms with Crippen LogP contribution < -0.4 is 0 Å². The van der Waals surface area contributed by atoms with E-state index in [1.807, 2.05) is 0 Å². The highest BCUT2D eigenvalue weighted by Crippen LogP contribution is 2.51. The Kier molecular flexibility index (Phi) is 4.53. The molecule has 2 aliphatic heterocycles. The summed E-state index contributed by atoms with van der Waals surface area (Å²) in [6, 6.07) is 7.04. The molecule has 2 saturated heterocycles. The topological polar surface area (TPSA) is 113 Å². The van der Waals surface area contributed by atoms with Crippen LogP contribution in [0.15, 0.2) is 30.3 Å². The summed E-state index contributed by atoms with van der Waals surface area (Å²) in [6.45, 7) is 5.01. The Balaban J connectivity index is 2.10. The molecule has 3 fully saturated rings. The van der Waals surface area contributed by atoms with Crippen molar-refractivity contribution in [2.75, 3.05) is 0 Å². The molecule has 1 aromatic rings. The average Bonchev–Trinajstić information content (AvgIpc) is 2.54. The van der Waals surface area contributed by atoms with E-state index in [-0.39, 0.29) is 6.42 Å². The third-order valence-electron chi connectivity index (χ3n) is 4.95. The van der Waals surface area contributed by atoms with Crippen molar-refractivity contribution in [3.05, 3.63) is 46.0 Å². The summed E-state index contributed by atoms with van der Waals surface area (Å²) < 4.78 is 10.7. The van der Waals surface area contributed by atoms with Gasteiger partial charge in [0, 0.05) is 11.3 Å². The predicted octanol–water partition coefficient (Wildman–Crippen LogP) is 2.03. The van der Waals surface area contributed by atoms with Gasteiger partial charge in [0.2, 0.25) is 6.04 Å². The van der Waals surface area contributed by atoms with Crippen molar-refractivity contribution in [2.45, 2.75) is 56.8 Å². The number of ketones is 1. The Hall–Kier alpha value is -2.77. The number of hydrogen-bond acceptors (Lipinski definition) is 7. The van der Waals surface area contributed by atoms with E-state index < -0.39 is 58.1 Å². The number of fused-ring (bicyclic) bond motifs is 3. The summed E-state index contributed by atoms with van der Waals surface area (Å²) in [7, 11) is 0. The van der Waals surface area contributed by atoms with Gasteiger partial charge in [0.25, 0.3) is 0 Å². The van der Waals surface area contributed by atoms with Gasteiger partial charge in [0.1, 0.15) is 17.4 Å². The highest BCUT2D eigenvalue weighted by Gasteiger charge is 2.70. The van der Waals surface area contributed by atoms with Crippen LogP contribution in [0.25, 0.3) is 0 Å². The second-order valence-electron chi connectivity index (χ2n) is 7.97. The molecule has 2 bridgehead atoms. The van der Waals surface area contributed by atoms with Crippen molar-refractivity contribution in [2.24, 2.45) is 5.92 Å². The first-order chi connectivity index (χ1) is 12.5. The molecule has 4 atom stereocenters. The molecule has 0 spiro atoms. The molecule has 1 aromatic carbocycles. The van der Waals surface area contributed by atoms with Crippen LogP contribution in [0.1, 0.15) is 45.1 Å². The van der Waals surface area contributed by atoms with Gasteiger partial charge in [0.15, 0.2) is 11.4 Å². The molecular formula is C19H21NO7. The largest absolute Gasteiger partial charge is 0.460 e. The SMILES string of the molecule is CC(C)(C)OC(=O)C[C@@]12OC(=O)[C@@H](CC1=O)[C@H]([N+](=O)[O-])[C@H]2c1ccccc1. The minimum atomic E-state index is -1.92. The van der Waals surface area contributed by atoms with Crippen LogP contribution >= 0.6 is 0 Å². The van der Waals surface area contributed by atoms with Crippen LogP contribution in [0.2, 0.25) is 0 Å². The van der Waals surface area contributed by atoms with E-state index in [2.05, 4.69) is 0 Å². The van der Waals surface area contributed by atoms with Crippen LogP contribution in [-0.2, 0) is 23.9 Å². The highest BCUT2D eigenvalue weighted by atomic mass is 16.6. The van der Waals surface area contributed by atoms with Crippen LogP contribution in [0, 0.1) is 16.0 Å². The number of nitro groups is 1. The van der Waals surface area contributed by atoms with Crippen molar-refractivity contribution in [3.63, 3.8) is 0 Å². The lowest BCUT2D eigenvalue weighted by atomic mass is 9.61. The lowest BCUT2D eigenvalue weighted by molar-refractivity contribution is -0.543. The number of esters is 2. The third-order valence-corrected chi connectivity index (χ3v) is 4.95. The summed E-state index contributed by atoms with van der Waals surface area (Å²) >= 11 is 0. The smallest absolute Gasteiger partial charge is 0.317 e. The number of ether oxygens (including phenoxy) is 2. The molecule has 8 nitrogen and oxygen atoms in total. The zero-order valence-electron chi connectivity index (χ0n) is 15.3. The van der Waals surface area contributed by atoms with Gasteiger partial charge in [-0.3, -0.25) is 24.5 Å². The van der Waals surface area contributed by atoms with Gasteiger partial charge in [-0.05, 0) is 26.3 Å². The van der Waals surface area contributed by atoms with E-state index in [4.69, 9.17) is 9.47 Å². The lowest BCUT2D eigenvalue weighted by Gasteiger charge is -2.49. The van der Waals surface area contributed by atoms with E-state index in [9.17, 15) is 24.5 Å². The molecule has 0 N–H and O–H groups in total. The van der Waals surface area contributed by atoms with Gasteiger partial charge in [0.05, 0.1) is 6.42 Å². The second kappa shape index (κ2) is 6.44. The number of carbonyl (C=O) groups excluding carboxylic acids is 3. The summed E-state index contributed by atoms with van der Waals surface area (Å²) in [5, 5.41) is 11.8. The monoisotopic (exact) mass is 375 g/mol. The molecule has 2 heterocycles. The molecule has 0 amide bonds. The summed E-state index contributed by atoms with van der Waals surface area (Å²) in [4.78, 5) is 48.9. The first-order valence-electron chi connectivity index (χ1n) is 8.71. The summed E-state index contributed by atoms with van der Waals surface area (Å²) in [5.74, 6) is -4.24. The average molecular weight is 375 g/mol. The molecule has 8 heteroatoms. The lowest BCUT2D eigenvalue weighted by Crippen LogP contribution is -2.67. The maximum Gasteiger partial charge on any atom is 0.317 e. The van der Waals surface area contributed by atoms with Gasteiger partial charge in [-0.2, -0.15) is 0 Å². The van der Waals surface area contributed by atoms with Crippen molar-refractivity contribution < 1.29 is 28.8 Å². The van der Waals surface area contributed by atoms with Crippen LogP contribution in [0.4, 0.5) is 0 Å². The van der Waals surface area contributed by atoms with Crippen LogP contribution in [-0.4, -0.2) is 39.9 Å². The van der Waals surface area contributed by atoms with Gasteiger partial charge in [-0.15, -0.1) is 0 Å². The zero-order valence-corrected chi connectivity index (χ0v) is 15.3. The Labute approximate surface area is 156 Å². The Morgan fingerprint density at radius 2 is 1.93 bits per heavy atom. The number of rotatable bonds is 4. The molecule has 3 aliphatic rings. The predicted molar refractivity (Wildman–Crippen MR) is 92.4 cm³/mol. The fourth-order valence-electron chi connectivity index (χ4n) is 4.01. The summed E-state index contributed by atoms with van der Waals surface area (Å²) in [6.07, 6.45) is -0.859. The maximum absolute atomic E-state index is 12.9. The van der Waals surface area contributed by atoms with Gasteiger partial charge < -0.3 is 9.47 Å². The minimum Gasteiger partial charge on any atom is -0.460 e. The quantitative estimate of drug-likeness (QED) is 0.449. The Bertz CT molecular complexity index is 798. The van der Waals surface area contributed by atoms with E-state index in [1.165, 1.54) is 0 Å². The van der Waals surface area contributed by atoms with E-state index in [1.54, 1.807) is 51.1 Å². The fraction of sp³-hybridized carbons (Fsp3) is 0.526. The number of nitrogens with zero attached hydrogens (tertiary/aromatic N) is 1. The third kappa shape index (κ3) is 3.31. The highest BCUT2D eigenvalue weighted by molar-refractivity contribution is 6.01. The molecule has 0 radical (unpaired) electrons. The molecule has 1 aliphatic carbocycles. The second-order valence-corrected chi connectivity index (χ2v) is 7.97. The van der Waals surface area contributed by atoms with Crippen molar-refractivity contribution in [3.8, 4) is 0 Å². The van der Waals surface area contributed by atoms with Gasteiger partial charge >= 0.3 is 11.9 Å². The molecular weight excluding hydrogens is 354 g/mol. The first kappa shape index (κ1) is 19.0. The van der Waals surface area contributed by atoms with Gasteiger partial charge in [-0.25, -0.2) is 0 Å².